The molecule has 0 unspecified atom stereocenters. The minimum atomic E-state index is -3.83. The summed E-state index contributed by atoms with van der Waals surface area (Å²) in [5.41, 5.74) is 2.55. The van der Waals surface area contributed by atoms with Gasteiger partial charge < -0.3 is 0 Å². The van der Waals surface area contributed by atoms with Crippen LogP contribution in [0, 0.1) is 0 Å². The van der Waals surface area contributed by atoms with Crippen molar-refractivity contribution in [3.63, 3.8) is 0 Å². The van der Waals surface area contributed by atoms with E-state index < -0.39 is 15.9 Å². The largest absolute Gasteiger partial charge is 0.288 e. The first-order chi connectivity index (χ1) is 9.20. The predicted octanol–water partition coefficient (Wildman–Crippen LogP) is 0.728. The Morgan fingerprint density at radius 1 is 1.30 bits per heavy atom. The third-order valence-electron chi connectivity index (χ3n) is 2.40. The molecule has 0 radical (unpaired) electrons. The molecule has 0 saturated carbocycles. The van der Waals surface area contributed by atoms with E-state index in [2.05, 4.69) is 10.3 Å². The van der Waals surface area contributed by atoms with Crippen LogP contribution in [0.15, 0.2) is 23.1 Å². The van der Waals surface area contributed by atoms with Gasteiger partial charge in [0.05, 0.1) is 22.6 Å². The van der Waals surface area contributed by atoms with Gasteiger partial charge in [0.15, 0.2) is 0 Å². The second kappa shape index (κ2) is 6.51. The summed E-state index contributed by atoms with van der Waals surface area (Å²) >= 11 is 5.92. The number of carbonyl (C=O) groups excluding carboxylic acids is 1. The summed E-state index contributed by atoms with van der Waals surface area (Å²) in [7, 11) is 1.91. The Morgan fingerprint density at radius 3 is 2.40 bits per heavy atom. The molecule has 0 aromatic heterocycles. The van der Waals surface area contributed by atoms with Gasteiger partial charge in [-0.1, -0.05) is 16.1 Å². The fraction of sp³-hybridized carbons (Fsp3) is 0.364. The second-order valence-electron chi connectivity index (χ2n) is 4.07. The maximum absolute atomic E-state index is 12.1. The summed E-state index contributed by atoms with van der Waals surface area (Å²) in [6.45, 7) is 0. The van der Waals surface area contributed by atoms with Crippen molar-refractivity contribution in [3.8, 4) is 0 Å². The third kappa shape index (κ3) is 3.68. The summed E-state index contributed by atoms with van der Waals surface area (Å²) in [6.07, 6.45) is 0. The van der Waals surface area contributed by atoms with E-state index in [9.17, 15) is 13.2 Å². The lowest BCUT2D eigenvalue weighted by molar-refractivity contribution is -0.0258. The molecule has 112 valence electrons. The summed E-state index contributed by atoms with van der Waals surface area (Å²) < 4.78 is 24.9. The SMILES string of the molecule is CON(C)S(=O)(=O)c1ccc(Cl)c(C(=O)NN(C)C)c1. The van der Waals surface area contributed by atoms with Crippen molar-refractivity contribution in [2.75, 3.05) is 28.3 Å². The molecule has 0 aliphatic heterocycles. The van der Waals surface area contributed by atoms with Crippen molar-refractivity contribution in [1.82, 2.24) is 14.9 Å². The zero-order valence-corrected chi connectivity index (χ0v) is 13.1. The van der Waals surface area contributed by atoms with Gasteiger partial charge >= 0.3 is 0 Å². The molecular weight excluding hydrogens is 306 g/mol. The Balaban J connectivity index is 3.25. The number of rotatable bonds is 5. The van der Waals surface area contributed by atoms with E-state index in [4.69, 9.17) is 11.6 Å². The van der Waals surface area contributed by atoms with Crippen molar-refractivity contribution >= 4 is 27.5 Å². The van der Waals surface area contributed by atoms with Crippen LogP contribution in [-0.4, -0.2) is 52.1 Å². The lowest BCUT2D eigenvalue weighted by Gasteiger charge is -2.16. The van der Waals surface area contributed by atoms with Crippen LogP contribution in [0.5, 0.6) is 0 Å². The van der Waals surface area contributed by atoms with Gasteiger partial charge in [0.1, 0.15) is 0 Å². The maximum atomic E-state index is 12.1. The molecule has 0 fully saturated rings. The number of nitrogens with zero attached hydrogens (tertiary/aromatic N) is 2. The van der Waals surface area contributed by atoms with Crippen molar-refractivity contribution in [2.45, 2.75) is 4.90 Å². The van der Waals surface area contributed by atoms with E-state index >= 15 is 0 Å². The number of hydrazine groups is 1. The van der Waals surface area contributed by atoms with Gasteiger partial charge in [0.2, 0.25) is 0 Å². The summed E-state index contributed by atoms with van der Waals surface area (Å²) in [4.78, 5) is 16.5. The molecule has 1 aromatic carbocycles. The molecule has 9 heteroatoms. The van der Waals surface area contributed by atoms with E-state index in [1.807, 2.05) is 0 Å². The zero-order valence-electron chi connectivity index (χ0n) is 11.5. The fourth-order valence-corrected chi connectivity index (χ4v) is 2.55. The minimum Gasteiger partial charge on any atom is -0.288 e. The topological polar surface area (TPSA) is 78.9 Å². The molecule has 0 spiro atoms. The van der Waals surface area contributed by atoms with Gasteiger partial charge in [-0.05, 0) is 18.2 Å². The average Bonchev–Trinajstić information content (AvgIpc) is 2.36. The van der Waals surface area contributed by atoms with Crippen LogP contribution in [0.2, 0.25) is 5.02 Å². The van der Waals surface area contributed by atoms with E-state index in [0.29, 0.717) is 4.47 Å². The monoisotopic (exact) mass is 321 g/mol. The molecule has 7 nitrogen and oxygen atoms in total. The second-order valence-corrected chi connectivity index (χ2v) is 6.42. The highest BCUT2D eigenvalue weighted by Gasteiger charge is 2.23. The van der Waals surface area contributed by atoms with Crippen LogP contribution in [-0.2, 0) is 14.9 Å². The Morgan fingerprint density at radius 2 is 1.90 bits per heavy atom. The van der Waals surface area contributed by atoms with Crippen LogP contribution < -0.4 is 5.43 Å². The molecule has 0 bridgehead atoms. The van der Waals surface area contributed by atoms with Crippen LogP contribution in [0.1, 0.15) is 10.4 Å². The van der Waals surface area contributed by atoms with Crippen LogP contribution in [0.4, 0.5) is 0 Å². The Kier molecular flexibility index (Phi) is 5.49. The first-order valence-corrected chi connectivity index (χ1v) is 7.33. The summed E-state index contributed by atoms with van der Waals surface area (Å²) in [5, 5.41) is 1.59. The summed E-state index contributed by atoms with van der Waals surface area (Å²) in [5.74, 6) is -0.503. The molecule has 1 N–H and O–H groups in total. The minimum absolute atomic E-state index is 0.0611. The highest BCUT2D eigenvalue weighted by molar-refractivity contribution is 7.89. The molecule has 1 amide bonds. The molecule has 1 aromatic rings. The van der Waals surface area contributed by atoms with Gasteiger partial charge in [0, 0.05) is 21.1 Å². The van der Waals surface area contributed by atoms with Gasteiger partial charge in [-0.15, -0.1) is 0 Å². The Hall–Kier alpha value is -1.19. The van der Waals surface area contributed by atoms with Crippen LogP contribution in [0.25, 0.3) is 0 Å². The molecule has 0 heterocycles. The molecule has 0 saturated heterocycles. The van der Waals surface area contributed by atoms with E-state index in [0.717, 1.165) is 0 Å². The standard InChI is InChI=1S/C11H16ClN3O4S/c1-14(2)13-11(16)9-7-8(5-6-10(9)12)20(17,18)15(3)19-4/h5-7H,1-4H3,(H,13,16). The number of hydrogen-bond acceptors (Lipinski definition) is 5. The van der Waals surface area contributed by atoms with Gasteiger partial charge in [-0.2, -0.15) is 0 Å². The predicted molar refractivity (Wildman–Crippen MR) is 74.6 cm³/mol. The van der Waals surface area contributed by atoms with Crippen molar-refractivity contribution < 1.29 is 18.0 Å². The quantitative estimate of drug-likeness (QED) is 0.809. The smallest absolute Gasteiger partial charge is 0.267 e. The number of amides is 1. The van der Waals surface area contributed by atoms with E-state index in [1.54, 1.807) is 14.1 Å². The molecule has 20 heavy (non-hydrogen) atoms. The van der Waals surface area contributed by atoms with Gasteiger partial charge in [0.25, 0.3) is 15.9 Å². The Labute approximate surface area is 123 Å². The fourth-order valence-electron chi connectivity index (χ4n) is 1.35. The number of halogens is 1. The normalized spacial score (nSPS) is 11.9. The summed E-state index contributed by atoms with van der Waals surface area (Å²) in [6, 6.07) is 3.86. The number of nitrogens with one attached hydrogen (secondary N) is 1. The number of carbonyl (C=O) groups is 1. The zero-order chi connectivity index (χ0) is 15.5. The molecule has 0 atom stereocenters. The van der Waals surface area contributed by atoms with Gasteiger partial charge in [-0.3, -0.25) is 15.1 Å². The Bertz CT molecular complexity index is 604. The lowest BCUT2D eigenvalue weighted by atomic mass is 10.2. The van der Waals surface area contributed by atoms with Crippen molar-refractivity contribution in [1.29, 1.82) is 0 Å². The van der Waals surface area contributed by atoms with E-state index in [-0.39, 0.29) is 15.5 Å². The van der Waals surface area contributed by atoms with Crippen LogP contribution >= 0.6 is 11.6 Å². The lowest BCUT2D eigenvalue weighted by Crippen LogP contribution is -2.36. The molecule has 1 rings (SSSR count). The number of hydroxylamine groups is 1. The number of benzene rings is 1. The highest BCUT2D eigenvalue weighted by Crippen LogP contribution is 2.22. The molecule has 0 aliphatic rings. The van der Waals surface area contributed by atoms with Crippen LogP contribution in [0.3, 0.4) is 0 Å². The van der Waals surface area contributed by atoms with Crippen molar-refractivity contribution in [2.24, 2.45) is 0 Å². The highest BCUT2D eigenvalue weighted by atomic mass is 35.5. The van der Waals surface area contributed by atoms with E-state index in [1.165, 1.54) is 37.4 Å². The first-order valence-electron chi connectivity index (χ1n) is 5.51. The number of sulfonamides is 1. The van der Waals surface area contributed by atoms with Crippen molar-refractivity contribution in [3.05, 3.63) is 28.8 Å². The third-order valence-corrected chi connectivity index (χ3v) is 4.41. The first kappa shape index (κ1) is 16.9. The average molecular weight is 322 g/mol. The van der Waals surface area contributed by atoms with Gasteiger partial charge in [-0.25, -0.2) is 13.4 Å². The number of hydrogen-bond donors (Lipinski definition) is 1. The molecule has 0 aliphatic carbocycles. The maximum Gasteiger partial charge on any atom is 0.267 e. The molecular formula is C11H16ClN3O4S.